The summed E-state index contributed by atoms with van der Waals surface area (Å²) in [6.07, 6.45) is 0.819. The van der Waals surface area contributed by atoms with Gasteiger partial charge >= 0.3 is 0 Å². The Morgan fingerprint density at radius 1 is 1.36 bits per heavy atom. The summed E-state index contributed by atoms with van der Waals surface area (Å²) in [6, 6.07) is 11.7. The molecule has 0 spiro atoms. The summed E-state index contributed by atoms with van der Waals surface area (Å²) in [6.45, 7) is 2.80. The van der Waals surface area contributed by atoms with Gasteiger partial charge in [0.25, 0.3) is 5.56 Å². The number of nitrogens with one attached hydrogen (secondary N) is 1. The maximum Gasteiger partial charge on any atom is 0.255 e. The number of nitrogens with zero attached hydrogens (tertiary/aromatic N) is 2. The Balaban J connectivity index is 0.00000225. The van der Waals surface area contributed by atoms with Crippen LogP contribution in [0.5, 0.6) is 5.75 Å². The van der Waals surface area contributed by atoms with E-state index in [-0.39, 0.29) is 42.1 Å². The first-order valence-electron chi connectivity index (χ1n) is 8.00. The van der Waals surface area contributed by atoms with Gasteiger partial charge in [0.15, 0.2) is 5.96 Å². The van der Waals surface area contributed by atoms with Gasteiger partial charge in [-0.1, -0.05) is 18.2 Å². The number of guanidine groups is 1. The minimum absolute atomic E-state index is 0. The number of ether oxygens (including phenoxy) is 1. The number of aromatic nitrogens is 1. The second-order valence-corrected chi connectivity index (χ2v) is 5.94. The quantitative estimate of drug-likeness (QED) is 0.424. The third kappa shape index (κ3) is 4.33. The largest absolute Gasteiger partial charge is 0.493 e. The fourth-order valence-corrected chi connectivity index (χ4v) is 2.79. The van der Waals surface area contributed by atoms with Crippen LogP contribution in [0.4, 0.5) is 0 Å². The van der Waals surface area contributed by atoms with Crippen molar-refractivity contribution < 1.29 is 4.74 Å². The van der Waals surface area contributed by atoms with Crippen LogP contribution in [-0.4, -0.2) is 17.1 Å². The summed E-state index contributed by atoms with van der Waals surface area (Å²) in [7, 11) is 1.76. The Kier molecular flexibility index (Phi) is 6.46. The lowest BCUT2D eigenvalue weighted by Gasteiger charge is -2.26. The second kappa shape index (κ2) is 8.37. The number of hydrogen-bond acceptors (Lipinski definition) is 3. The molecule has 0 amide bonds. The highest BCUT2D eigenvalue weighted by Crippen LogP contribution is 2.31. The van der Waals surface area contributed by atoms with Crippen molar-refractivity contribution in [3.8, 4) is 5.75 Å². The standard InChI is InChI=1S/C18H22N4O2.HI/c1-12-7-8-13(17(23)22(12)2)11-20-18(19)21-15-9-10-24-16-6-4-3-5-14(15)16;/h3-8,15H,9-11H2,1-2H3,(H3,19,20,21);1H. The molecule has 1 aromatic carbocycles. The Morgan fingerprint density at radius 3 is 2.92 bits per heavy atom. The summed E-state index contributed by atoms with van der Waals surface area (Å²) in [5.41, 5.74) is 8.59. The van der Waals surface area contributed by atoms with Crippen LogP contribution in [0.1, 0.15) is 29.3 Å². The summed E-state index contributed by atoms with van der Waals surface area (Å²) in [4.78, 5) is 16.5. The lowest BCUT2D eigenvalue weighted by atomic mass is 10.0. The predicted molar refractivity (Wildman–Crippen MR) is 110 cm³/mol. The van der Waals surface area contributed by atoms with Crippen LogP contribution in [0.25, 0.3) is 0 Å². The molecule has 0 saturated heterocycles. The smallest absolute Gasteiger partial charge is 0.255 e. The summed E-state index contributed by atoms with van der Waals surface area (Å²) >= 11 is 0. The van der Waals surface area contributed by atoms with Gasteiger partial charge in [-0.2, -0.15) is 0 Å². The molecule has 1 atom stereocenters. The van der Waals surface area contributed by atoms with Gasteiger partial charge in [-0.15, -0.1) is 24.0 Å². The molecule has 2 aromatic rings. The van der Waals surface area contributed by atoms with Crippen molar-refractivity contribution in [1.29, 1.82) is 0 Å². The third-order valence-corrected chi connectivity index (χ3v) is 4.33. The van der Waals surface area contributed by atoms with E-state index in [4.69, 9.17) is 10.5 Å². The molecule has 3 N–H and O–H groups in total. The van der Waals surface area contributed by atoms with Crippen LogP contribution >= 0.6 is 24.0 Å². The summed E-state index contributed by atoms with van der Waals surface area (Å²) in [5.74, 6) is 1.21. The minimum Gasteiger partial charge on any atom is -0.493 e. The Bertz CT molecular complexity index is 832. The first-order valence-corrected chi connectivity index (χ1v) is 8.00. The molecular weight excluding hydrogens is 431 g/mol. The van der Waals surface area contributed by atoms with Gasteiger partial charge < -0.3 is 20.4 Å². The predicted octanol–water partition coefficient (Wildman–Crippen LogP) is 2.24. The number of aliphatic imine (C=N–C) groups is 1. The average molecular weight is 454 g/mol. The highest BCUT2D eigenvalue weighted by atomic mass is 127. The van der Waals surface area contributed by atoms with Crippen LogP contribution in [0.15, 0.2) is 46.2 Å². The van der Waals surface area contributed by atoms with Gasteiger partial charge in [0.1, 0.15) is 5.75 Å². The van der Waals surface area contributed by atoms with Gasteiger partial charge in [-0.05, 0) is 25.1 Å². The van der Waals surface area contributed by atoms with E-state index in [0.29, 0.717) is 18.1 Å². The molecule has 6 nitrogen and oxygen atoms in total. The number of fused-ring (bicyclic) bond motifs is 1. The first kappa shape index (κ1) is 19.3. The average Bonchev–Trinajstić information content (AvgIpc) is 2.59. The van der Waals surface area contributed by atoms with Gasteiger partial charge in [0.05, 0.1) is 19.2 Å². The number of para-hydroxylation sites is 1. The third-order valence-electron chi connectivity index (χ3n) is 4.33. The van der Waals surface area contributed by atoms with Crippen molar-refractivity contribution in [2.45, 2.75) is 25.9 Å². The van der Waals surface area contributed by atoms with E-state index in [1.165, 1.54) is 0 Å². The molecule has 3 rings (SSSR count). The zero-order valence-corrected chi connectivity index (χ0v) is 16.7. The Hall–Kier alpha value is -2.03. The van der Waals surface area contributed by atoms with Crippen molar-refractivity contribution in [1.82, 2.24) is 9.88 Å². The molecule has 0 fully saturated rings. The Morgan fingerprint density at radius 2 is 2.12 bits per heavy atom. The molecule has 7 heteroatoms. The van der Waals surface area contributed by atoms with Gasteiger partial charge in [0.2, 0.25) is 0 Å². The highest BCUT2D eigenvalue weighted by Gasteiger charge is 2.21. The van der Waals surface area contributed by atoms with Crippen LogP contribution in [0, 0.1) is 6.92 Å². The number of rotatable bonds is 3. The molecule has 25 heavy (non-hydrogen) atoms. The molecule has 0 radical (unpaired) electrons. The SMILES string of the molecule is Cc1ccc(CN=C(N)NC2CCOc3ccccc32)c(=O)n1C.I. The number of hydrogen-bond donors (Lipinski definition) is 2. The summed E-state index contributed by atoms with van der Waals surface area (Å²) < 4.78 is 7.25. The molecule has 1 unspecified atom stereocenters. The highest BCUT2D eigenvalue weighted by molar-refractivity contribution is 14.0. The zero-order chi connectivity index (χ0) is 17.1. The van der Waals surface area contributed by atoms with Crippen molar-refractivity contribution in [3.63, 3.8) is 0 Å². The lowest BCUT2D eigenvalue weighted by molar-refractivity contribution is 0.262. The van der Waals surface area contributed by atoms with E-state index in [1.54, 1.807) is 17.7 Å². The number of halogens is 1. The van der Waals surface area contributed by atoms with Crippen molar-refractivity contribution >= 4 is 29.9 Å². The van der Waals surface area contributed by atoms with Crippen LogP contribution in [0.2, 0.25) is 0 Å². The number of benzene rings is 1. The summed E-state index contributed by atoms with van der Waals surface area (Å²) in [5, 5.41) is 3.23. The van der Waals surface area contributed by atoms with E-state index >= 15 is 0 Å². The van der Waals surface area contributed by atoms with Crippen LogP contribution in [0.3, 0.4) is 0 Å². The van der Waals surface area contributed by atoms with E-state index in [2.05, 4.69) is 10.3 Å². The monoisotopic (exact) mass is 454 g/mol. The molecule has 2 heterocycles. The molecule has 1 aliphatic rings. The number of nitrogens with two attached hydrogens (primary N) is 1. The minimum atomic E-state index is -0.0389. The molecule has 0 saturated carbocycles. The molecule has 1 aromatic heterocycles. The van der Waals surface area contributed by atoms with Gasteiger partial charge in [-0.25, -0.2) is 4.99 Å². The Labute approximate surface area is 164 Å². The van der Waals surface area contributed by atoms with E-state index in [1.807, 2.05) is 37.3 Å². The molecule has 0 bridgehead atoms. The first-order chi connectivity index (χ1) is 11.6. The van der Waals surface area contributed by atoms with Gasteiger partial charge in [0, 0.05) is 30.3 Å². The molecule has 134 valence electrons. The van der Waals surface area contributed by atoms with Gasteiger partial charge in [-0.3, -0.25) is 4.79 Å². The fourth-order valence-electron chi connectivity index (χ4n) is 2.79. The topological polar surface area (TPSA) is 81.6 Å². The molecule has 1 aliphatic heterocycles. The normalized spacial score (nSPS) is 16.4. The maximum absolute atomic E-state index is 12.2. The second-order valence-electron chi connectivity index (χ2n) is 5.94. The van der Waals surface area contributed by atoms with E-state index in [0.717, 1.165) is 23.4 Å². The van der Waals surface area contributed by atoms with Crippen molar-refractivity contribution in [3.05, 3.63) is 63.6 Å². The van der Waals surface area contributed by atoms with Crippen LogP contribution < -0.4 is 21.3 Å². The molecule has 0 aliphatic carbocycles. The molecular formula is C18H23IN4O2. The van der Waals surface area contributed by atoms with E-state index < -0.39 is 0 Å². The van der Waals surface area contributed by atoms with Crippen LogP contribution in [-0.2, 0) is 13.6 Å². The fraction of sp³-hybridized carbons (Fsp3) is 0.333. The number of pyridine rings is 1. The maximum atomic E-state index is 12.2. The zero-order valence-electron chi connectivity index (χ0n) is 14.4. The van der Waals surface area contributed by atoms with E-state index in [9.17, 15) is 4.79 Å². The lowest BCUT2D eigenvalue weighted by Crippen LogP contribution is -2.37. The number of aryl methyl sites for hydroxylation is 1. The van der Waals surface area contributed by atoms with Crippen molar-refractivity contribution in [2.75, 3.05) is 6.61 Å². The van der Waals surface area contributed by atoms with Crippen molar-refractivity contribution in [2.24, 2.45) is 17.8 Å².